The van der Waals surface area contributed by atoms with E-state index in [0.717, 1.165) is 11.3 Å². The molecule has 0 saturated carbocycles. The lowest BCUT2D eigenvalue weighted by molar-refractivity contribution is -0.140. The van der Waals surface area contributed by atoms with Gasteiger partial charge in [-0.3, -0.25) is 9.59 Å². The molecule has 0 saturated heterocycles. The molecule has 17 heavy (non-hydrogen) atoms. The number of amides is 1. The van der Waals surface area contributed by atoms with E-state index in [1.54, 1.807) is 17.0 Å². The molecule has 0 unspecified atom stereocenters. The average molecular weight is 234 g/mol. The third-order valence-corrected chi connectivity index (χ3v) is 2.80. The van der Waals surface area contributed by atoms with Crippen LogP contribution in [-0.2, 0) is 20.7 Å². The number of hydrogen-bond acceptors (Lipinski definition) is 4. The van der Waals surface area contributed by atoms with E-state index in [1.165, 1.54) is 7.11 Å². The van der Waals surface area contributed by atoms with Gasteiger partial charge in [-0.25, -0.2) is 0 Å². The summed E-state index contributed by atoms with van der Waals surface area (Å²) >= 11 is 0. The minimum atomic E-state index is -0.318. The monoisotopic (exact) mass is 234 g/mol. The van der Waals surface area contributed by atoms with Crippen LogP contribution in [0.25, 0.3) is 0 Å². The van der Waals surface area contributed by atoms with Crippen LogP contribution in [0.1, 0.15) is 12.0 Å². The second-order valence-corrected chi connectivity index (χ2v) is 3.94. The first-order chi connectivity index (χ1) is 8.11. The third-order valence-electron chi connectivity index (χ3n) is 2.80. The lowest BCUT2D eigenvalue weighted by Crippen LogP contribution is -2.29. The fourth-order valence-electron chi connectivity index (χ4n) is 1.95. The molecule has 2 N–H and O–H groups in total. The van der Waals surface area contributed by atoms with Gasteiger partial charge >= 0.3 is 5.97 Å². The minimum absolute atomic E-state index is 0.00509. The number of rotatable bonds is 3. The van der Waals surface area contributed by atoms with Crippen LogP contribution in [0, 0.1) is 0 Å². The molecule has 5 nitrogen and oxygen atoms in total. The average Bonchev–Trinajstić information content (AvgIpc) is 2.61. The molecule has 1 aromatic carbocycles. The molecule has 1 aliphatic rings. The van der Waals surface area contributed by atoms with E-state index < -0.39 is 0 Å². The maximum atomic E-state index is 11.8. The van der Waals surface area contributed by atoms with E-state index in [2.05, 4.69) is 4.74 Å². The Hall–Kier alpha value is -2.04. The number of hydrogen-bond donors (Lipinski definition) is 1. The van der Waals surface area contributed by atoms with Gasteiger partial charge in [0.05, 0.1) is 20.0 Å². The summed E-state index contributed by atoms with van der Waals surface area (Å²) in [6.07, 6.45) is 0.549. The molecule has 0 aliphatic carbocycles. The van der Waals surface area contributed by atoms with Crippen molar-refractivity contribution in [3.63, 3.8) is 0 Å². The standard InChI is InChI=1S/C12H14N2O3/c1-17-12(16)4-5-14-10-3-2-9(13)6-8(10)7-11(14)15/h2-3,6H,4-5,7,13H2,1H3. The Bertz CT molecular complexity index is 471. The van der Waals surface area contributed by atoms with Crippen molar-refractivity contribution in [1.82, 2.24) is 0 Å². The molecule has 0 aromatic heterocycles. The number of ether oxygens (including phenoxy) is 1. The van der Waals surface area contributed by atoms with E-state index in [9.17, 15) is 9.59 Å². The van der Waals surface area contributed by atoms with Crippen LogP contribution >= 0.6 is 0 Å². The van der Waals surface area contributed by atoms with Crippen LogP contribution in [0.15, 0.2) is 18.2 Å². The summed E-state index contributed by atoms with van der Waals surface area (Å²) in [4.78, 5) is 24.4. The van der Waals surface area contributed by atoms with Crippen LogP contribution in [0.5, 0.6) is 0 Å². The van der Waals surface area contributed by atoms with Gasteiger partial charge < -0.3 is 15.4 Å². The number of fused-ring (bicyclic) bond motifs is 1. The van der Waals surface area contributed by atoms with Crippen molar-refractivity contribution >= 4 is 23.3 Å². The number of benzene rings is 1. The first-order valence-electron chi connectivity index (χ1n) is 5.37. The molecular formula is C12H14N2O3. The Balaban J connectivity index is 2.15. The van der Waals surface area contributed by atoms with Crippen molar-refractivity contribution < 1.29 is 14.3 Å². The Morgan fingerprint density at radius 3 is 3.00 bits per heavy atom. The van der Waals surface area contributed by atoms with E-state index in [0.29, 0.717) is 18.7 Å². The fourth-order valence-corrected chi connectivity index (χ4v) is 1.95. The molecule has 1 heterocycles. The van der Waals surface area contributed by atoms with Crippen LogP contribution in [0.3, 0.4) is 0 Å². The molecule has 0 spiro atoms. The lowest BCUT2D eigenvalue weighted by Gasteiger charge is -2.16. The highest BCUT2D eigenvalue weighted by Gasteiger charge is 2.27. The maximum Gasteiger partial charge on any atom is 0.307 e. The maximum absolute atomic E-state index is 11.8. The van der Waals surface area contributed by atoms with E-state index in [1.807, 2.05) is 6.07 Å². The van der Waals surface area contributed by atoms with Gasteiger partial charge in [-0.15, -0.1) is 0 Å². The third kappa shape index (κ3) is 2.22. The van der Waals surface area contributed by atoms with Crippen molar-refractivity contribution in [2.24, 2.45) is 0 Å². The molecule has 0 radical (unpaired) electrons. The Labute approximate surface area is 99.2 Å². The van der Waals surface area contributed by atoms with Crippen LogP contribution in [0.2, 0.25) is 0 Å². The highest BCUT2D eigenvalue weighted by atomic mass is 16.5. The van der Waals surface area contributed by atoms with Gasteiger partial charge in [0, 0.05) is 17.9 Å². The summed E-state index contributed by atoms with van der Waals surface area (Å²) in [5.41, 5.74) is 8.06. The minimum Gasteiger partial charge on any atom is -0.469 e. The Kier molecular flexibility index (Phi) is 2.99. The van der Waals surface area contributed by atoms with Gasteiger partial charge in [0.25, 0.3) is 0 Å². The molecule has 1 aromatic rings. The second kappa shape index (κ2) is 4.45. The first kappa shape index (κ1) is 11.4. The predicted molar refractivity (Wildman–Crippen MR) is 63.5 cm³/mol. The molecular weight excluding hydrogens is 220 g/mol. The number of nitrogen functional groups attached to an aromatic ring is 1. The largest absolute Gasteiger partial charge is 0.469 e. The highest BCUT2D eigenvalue weighted by molar-refractivity contribution is 6.02. The second-order valence-electron chi connectivity index (χ2n) is 3.94. The van der Waals surface area contributed by atoms with Gasteiger partial charge in [-0.1, -0.05) is 0 Å². The number of carbonyl (C=O) groups excluding carboxylic acids is 2. The summed E-state index contributed by atoms with van der Waals surface area (Å²) in [5, 5.41) is 0. The van der Waals surface area contributed by atoms with Gasteiger partial charge in [0.15, 0.2) is 0 Å². The summed E-state index contributed by atoms with van der Waals surface area (Å²) in [5.74, 6) is -0.323. The Morgan fingerprint density at radius 1 is 1.53 bits per heavy atom. The van der Waals surface area contributed by atoms with Crippen molar-refractivity contribution in [1.29, 1.82) is 0 Å². The summed E-state index contributed by atoms with van der Waals surface area (Å²) in [6, 6.07) is 5.36. The zero-order valence-electron chi connectivity index (χ0n) is 9.60. The first-order valence-corrected chi connectivity index (χ1v) is 5.37. The van der Waals surface area contributed by atoms with E-state index in [4.69, 9.17) is 5.73 Å². The zero-order chi connectivity index (χ0) is 12.4. The fraction of sp³-hybridized carbons (Fsp3) is 0.333. The molecule has 5 heteroatoms. The number of methoxy groups -OCH3 is 1. The smallest absolute Gasteiger partial charge is 0.307 e. The SMILES string of the molecule is COC(=O)CCN1C(=O)Cc2cc(N)ccc21. The van der Waals surface area contributed by atoms with Crippen molar-refractivity contribution in [2.45, 2.75) is 12.8 Å². The number of anilines is 2. The summed E-state index contributed by atoms with van der Waals surface area (Å²) < 4.78 is 4.56. The normalized spacial score (nSPS) is 13.7. The summed E-state index contributed by atoms with van der Waals surface area (Å²) in [7, 11) is 1.34. The lowest BCUT2D eigenvalue weighted by atomic mass is 10.1. The van der Waals surface area contributed by atoms with Gasteiger partial charge in [0.1, 0.15) is 0 Å². The van der Waals surface area contributed by atoms with Crippen molar-refractivity contribution in [3.05, 3.63) is 23.8 Å². The number of nitrogens with zero attached hydrogens (tertiary/aromatic N) is 1. The number of esters is 1. The van der Waals surface area contributed by atoms with Crippen LogP contribution < -0.4 is 10.6 Å². The topological polar surface area (TPSA) is 72.6 Å². The zero-order valence-corrected chi connectivity index (χ0v) is 9.60. The summed E-state index contributed by atoms with van der Waals surface area (Å²) in [6.45, 7) is 0.350. The van der Waals surface area contributed by atoms with Crippen molar-refractivity contribution in [2.75, 3.05) is 24.3 Å². The van der Waals surface area contributed by atoms with Gasteiger partial charge in [0.2, 0.25) is 5.91 Å². The predicted octanol–water partition coefficient (Wildman–Crippen LogP) is 0.721. The molecule has 1 aliphatic heterocycles. The molecule has 0 bridgehead atoms. The number of nitrogens with two attached hydrogens (primary N) is 1. The molecule has 2 rings (SSSR count). The van der Waals surface area contributed by atoms with Gasteiger partial charge in [-0.2, -0.15) is 0 Å². The quantitative estimate of drug-likeness (QED) is 0.618. The van der Waals surface area contributed by atoms with E-state index >= 15 is 0 Å². The molecule has 90 valence electrons. The van der Waals surface area contributed by atoms with Crippen molar-refractivity contribution in [3.8, 4) is 0 Å². The van der Waals surface area contributed by atoms with E-state index in [-0.39, 0.29) is 18.3 Å². The van der Waals surface area contributed by atoms with Gasteiger partial charge in [-0.05, 0) is 23.8 Å². The van der Waals surface area contributed by atoms with Crippen LogP contribution in [-0.4, -0.2) is 25.5 Å². The molecule has 0 atom stereocenters. The molecule has 1 amide bonds. The Morgan fingerprint density at radius 2 is 2.29 bits per heavy atom. The molecule has 0 fully saturated rings. The van der Waals surface area contributed by atoms with Crippen LogP contribution in [0.4, 0.5) is 11.4 Å². The highest BCUT2D eigenvalue weighted by Crippen LogP contribution is 2.30. The number of carbonyl (C=O) groups is 2.